The number of aryl methyl sites for hydroxylation is 1. The van der Waals surface area contributed by atoms with Gasteiger partial charge in [0.25, 0.3) is 0 Å². The van der Waals surface area contributed by atoms with Crippen molar-refractivity contribution in [3.63, 3.8) is 0 Å². The van der Waals surface area contributed by atoms with E-state index in [1.54, 1.807) is 19.9 Å². The molecule has 0 aliphatic heterocycles. The molecule has 0 radical (unpaired) electrons. The smallest absolute Gasteiger partial charge is 0.322 e. The summed E-state index contributed by atoms with van der Waals surface area (Å²) in [5.41, 5.74) is 1.93. The number of aliphatic carboxylic acids is 1. The maximum Gasteiger partial charge on any atom is 0.322 e. The molecule has 0 saturated carbocycles. The molecule has 37 heavy (non-hydrogen) atoms. The number of nitrogens with one attached hydrogen (secondary N) is 1. The van der Waals surface area contributed by atoms with E-state index in [0.29, 0.717) is 11.1 Å². The Labute approximate surface area is 220 Å². The lowest BCUT2D eigenvalue weighted by atomic mass is 9.88. The van der Waals surface area contributed by atoms with Gasteiger partial charge in [-0.05, 0) is 61.2 Å². The van der Waals surface area contributed by atoms with Crippen molar-refractivity contribution in [1.82, 2.24) is 4.72 Å². The first kappa shape index (κ1) is 28.7. The van der Waals surface area contributed by atoms with Crippen molar-refractivity contribution < 1.29 is 31.8 Å². The number of hydrogen-bond acceptors (Lipinski definition) is 4. The molecule has 0 aromatic heterocycles. The Hall–Kier alpha value is -2.85. The average molecular weight is 552 g/mol. The van der Waals surface area contributed by atoms with Gasteiger partial charge in [0.05, 0.1) is 12.7 Å². The highest BCUT2D eigenvalue weighted by Crippen LogP contribution is 2.34. The zero-order valence-corrected chi connectivity index (χ0v) is 22.3. The second kappa shape index (κ2) is 11.7. The second-order valence-corrected chi connectivity index (χ2v) is 10.9. The fourth-order valence-corrected chi connectivity index (χ4v) is 5.79. The van der Waals surface area contributed by atoms with Gasteiger partial charge in [-0.1, -0.05) is 54.9 Å². The minimum atomic E-state index is -4.71. The summed E-state index contributed by atoms with van der Waals surface area (Å²) >= 11 is 6.19. The maximum atomic E-state index is 15.6. The van der Waals surface area contributed by atoms with Crippen LogP contribution < -0.4 is 4.72 Å². The Morgan fingerprint density at radius 2 is 1.68 bits per heavy atom. The number of ether oxygens (including phenoxy) is 1. The first-order chi connectivity index (χ1) is 17.3. The molecule has 0 saturated heterocycles. The summed E-state index contributed by atoms with van der Waals surface area (Å²) in [7, 11) is -4.71. The normalized spacial score (nSPS) is 14.2. The van der Waals surface area contributed by atoms with E-state index in [-0.39, 0.29) is 22.8 Å². The number of carboxylic acids is 1. The summed E-state index contributed by atoms with van der Waals surface area (Å²) in [6.07, 6.45) is -0.916. The minimum absolute atomic E-state index is 0.0439. The molecule has 0 fully saturated rings. The molecule has 6 nitrogen and oxygen atoms in total. The van der Waals surface area contributed by atoms with Crippen molar-refractivity contribution in [2.24, 2.45) is 0 Å². The van der Waals surface area contributed by atoms with Crippen LogP contribution in [0.5, 0.6) is 0 Å². The predicted octanol–water partition coefficient (Wildman–Crippen LogP) is 6.05. The molecule has 0 bridgehead atoms. The van der Waals surface area contributed by atoms with Crippen LogP contribution in [0.15, 0.2) is 59.5 Å². The summed E-state index contributed by atoms with van der Waals surface area (Å²) in [6, 6.07) is 12.3. The molecule has 0 spiro atoms. The van der Waals surface area contributed by atoms with Gasteiger partial charge in [-0.2, -0.15) is 4.72 Å². The lowest BCUT2D eigenvalue weighted by molar-refractivity contribution is -0.139. The maximum absolute atomic E-state index is 15.6. The van der Waals surface area contributed by atoms with Crippen LogP contribution in [0, 0.1) is 25.5 Å². The van der Waals surface area contributed by atoms with Crippen LogP contribution in [0.3, 0.4) is 0 Å². The van der Waals surface area contributed by atoms with E-state index in [1.165, 1.54) is 26.0 Å². The first-order valence-corrected chi connectivity index (χ1v) is 13.4. The third-order valence-corrected chi connectivity index (χ3v) is 8.15. The van der Waals surface area contributed by atoms with Gasteiger partial charge in [0.15, 0.2) is 5.82 Å². The summed E-state index contributed by atoms with van der Waals surface area (Å²) in [4.78, 5) is 11.3. The molecule has 3 rings (SSSR count). The third-order valence-electron chi connectivity index (χ3n) is 6.37. The Balaban J connectivity index is 1.93. The van der Waals surface area contributed by atoms with Crippen LogP contribution in [-0.4, -0.2) is 25.5 Å². The van der Waals surface area contributed by atoms with Crippen molar-refractivity contribution in [2.45, 2.75) is 57.3 Å². The monoisotopic (exact) mass is 551 g/mol. The number of benzene rings is 3. The van der Waals surface area contributed by atoms with E-state index in [9.17, 15) is 22.7 Å². The third kappa shape index (κ3) is 6.35. The lowest BCUT2D eigenvalue weighted by Gasteiger charge is -2.25. The molecule has 3 aromatic rings. The highest BCUT2D eigenvalue weighted by atomic mass is 35.5. The van der Waals surface area contributed by atoms with Crippen molar-refractivity contribution in [1.29, 1.82) is 0 Å². The summed E-state index contributed by atoms with van der Waals surface area (Å²) in [6.45, 7) is 6.42. The lowest BCUT2D eigenvalue weighted by Crippen LogP contribution is -2.44. The molecule has 0 amide bonds. The molecule has 0 aliphatic carbocycles. The molecule has 2 N–H and O–H groups in total. The van der Waals surface area contributed by atoms with E-state index >= 15 is 4.39 Å². The summed E-state index contributed by atoms with van der Waals surface area (Å²) in [5, 5.41) is 9.77. The zero-order valence-electron chi connectivity index (χ0n) is 20.8. The number of halogens is 3. The molecule has 0 aliphatic rings. The molecule has 1 unspecified atom stereocenters. The summed E-state index contributed by atoms with van der Waals surface area (Å²) < 4.78 is 64.4. The van der Waals surface area contributed by atoms with Crippen molar-refractivity contribution in [3.8, 4) is 0 Å². The fourth-order valence-electron chi connectivity index (χ4n) is 4.14. The zero-order chi connectivity index (χ0) is 27.5. The molecule has 3 atom stereocenters. The van der Waals surface area contributed by atoms with Gasteiger partial charge >= 0.3 is 5.97 Å². The van der Waals surface area contributed by atoms with Crippen LogP contribution in [0.25, 0.3) is 0 Å². The number of hydrogen-bond donors (Lipinski definition) is 2. The Morgan fingerprint density at radius 1 is 1.03 bits per heavy atom. The molecular weight excluding hydrogens is 524 g/mol. The van der Waals surface area contributed by atoms with Crippen LogP contribution in [0.4, 0.5) is 8.78 Å². The number of carbonyl (C=O) groups is 1. The summed E-state index contributed by atoms with van der Waals surface area (Å²) in [5.74, 6) is -4.46. The predicted molar refractivity (Wildman–Crippen MR) is 137 cm³/mol. The SMILES string of the molecule is Cc1ccc(F)c([C@@H](C)[C@H](NS(=O)(=O)c2ccc(Cl)c(C(C)OCc3ccccc3)c2F)C(=O)O)c1C. The Kier molecular flexibility index (Phi) is 9.07. The van der Waals surface area contributed by atoms with E-state index in [1.807, 2.05) is 35.1 Å². The van der Waals surface area contributed by atoms with E-state index in [2.05, 4.69) is 0 Å². The number of carboxylic acid groups (broad SMARTS) is 1. The number of sulfonamides is 1. The van der Waals surface area contributed by atoms with Gasteiger partial charge in [-0.25, -0.2) is 17.2 Å². The highest BCUT2D eigenvalue weighted by molar-refractivity contribution is 7.89. The van der Waals surface area contributed by atoms with Crippen LogP contribution in [-0.2, 0) is 26.2 Å². The van der Waals surface area contributed by atoms with Crippen LogP contribution in [0.1, 0.15) is 53.7 Å². The van der Waals surface area contributed by atoms with Gasteiger partial charge in [0.2, 0.25) is 10.0 Å². The van der Waals surface area contributed by atoms with E-state index in [0.717, 1.165) is 11.6 Å². The van der Waals surface area contributed by atoms with E-state index in [4.69, 9.17) is 16.3 Å². The van der Waals surface area contributed by atoms with Gasteiger partial charge in [0, 0.05) is 16.5 Å². The molecule has 3 aromatic carbocycles. The van der Waals surface area contributed by atoms with Gasteiger partial charge in [-0.15, -0.1) is 0 Å². The molecule has 0 heterocycles. The van der Waals surface area contributed by atoms with Crippen molar-refractivity contribution in [2.75, 3.05) is 0 Å². The average Bonchev–Trinajstić information content (AvgIpc) is 2.84. The topological polar surface area (TPSA) is 92.7 Å². The minimum Gasteiger partial charge on any atom is -0.480 e. The van der Waals surface area contributed by atoms with Crippen molar-refractivity contribution >= 4 is 27.6 Å². The second-order valence-electron chi connectivity index (χ2n) is 8.84. The molecular formula is C27H28ClF2NO5S. The van der Waals surface area contributed by atoms with Crippen LogP contribution in [0.2, 0.25) is 5.02 Å². The highest BCUT2D eigenvalue weighted by Gasteiger charge is 2.35. The van der Waals surface area contributed by atoms with E-state index < -0.39 is 50.6 Å². The fraction of sp³-hybridized carbons (Fsp3) is 0.296. The standard InChI is InChI=1S/C27H28ClF2NO5S/c1-15-10-12-21(29)23(16(15)2)17(3)26(27(32)33)31-37(34,35)22-13-11-20(28)24(25(22)30)18(4)36-14-19-8-6-5-7-9-19/h5-13,17-18,26,31H,14H2,1-4H3,(H,32,33)/t17-,18?,26+/m1/s1. The van der Waals surface area contributed by atoms with Gasteiger partial charge in [0.1, 0.15) is 16.8 Å². The van der Waals surface area contributed by atoms with Gasteiger partial charge in [-0.3, -0.25) is 4.79 Å². The molecule has 10 heteroatoms. The quantitative estimate of drug-likeness (QED) is 0.320. The van der Waals surface area contributed by atoms with Crippen LogP contribution >= 0.6 is 11.6 Å². The Morgan fingerprint density at radius 3 is 2.30 bits per heavy atom. The van der Waals surface area contributed by atoms with Gasteiger partial charge < -0.3 is 9.84 Å². The molecule has 198 valence electrons. The van der Waals surface area contributed by atoms with Crippen molar-refractivity contribution in [3.05, 3.63) is 99.1 Å². The largest absolute Gasteiger partial charge is 0.480 e. The first-order valence-electron chi connectivity index (χ1n) is 11.5. The number of rotatable bonds is 10. The Bertz CT molecular complexity index is 1400.